The molecule has 1 unspecified atom stereocenters. The number of aromatic nitrogens is 2. The van der Waals surface area contributed by atoms with E-state index in [0.29, 0.717) is 5.69 Å². The van der Waals surface area contributed by atoms with Crippen LogP contribution in [0.25, 0.3) is 0 Å². The second-order valence-electron chi connectivity index (χ2n) is 4.15. The highest BCUT2D eigenvalue weighted by molar-refractivity contribution is 5.17. The van der Waals surface area contributed by atoms with Gasteiger partial charge in [-0.15, -0.1) is 0 Å². The van der Waals surface area contributed by atoms with Gasteiger partial charge in [-0.1, -0.05) is 12.1 Å². The zero-order chi connectivity index (χ0) is 12.3. The molecule has 1 aromatic heterocycles. The van der Waals surface area contributed by atoms with E-state index in [-0.39, 0.29) is 18.5 Å². The summed E-state index contributed by atoms with van der Waals surface area (Å²) >= 11 is 0. The van der Waals surface area contributed by atoms with Gasteiger partial charge >= 0.3 is 0 Å². The Morgan fingerprint density at radius 2 is 2.06 bits per heavy atom. The second-order valence-corrected chi connectivity index (χ2v) is 4.15. The molecule has 0 amide bonds. The van der Waals surface area contributed by atoms with Gasteiger partial charge in [0.05, 0.1) is 18.6 Å². The summed E-state index contributed by atoms with van der Waals surface area (Å²) in [4.78, 5) is 4.06. The van der Waals surface area contributed by atoms with Crippen LogP contribution in [0.1, 0.15) is 24.2 Å². The molecule has 0 radical (unpaired) electrons. The maximum Gasteiger partial charge on any atom is 0.123 e. The van der Waals surface area contributed by atoms with Gasteiger partial charge in [-0.3, -0.25) is 0 Å². The standard InChI is InChI=1S/C13H15FN2O/c1-10(16-7-13(8-17)15-9-16)6-11-2-4-12(14)5-3-11/h2-5,7,9-10,17H,6,8H2,1H3. The number of imidazole rings is 1. The minimum atomic E-state index is -0.216. The second kappa shape index (κ2) is 5.10. The van der Waals surface area contributed by atoms with E-state index >= 15 is 0 Å². The molecule has 17 heavy (non-hydrogen) atoms. The van der Waals surface area contributed by atoms with Crippen molar-refractivity contribution in [3.05, 3.63) is 53.9 Å². The van der Waals surface area contributed by atoms with Crippen molar-refractivity contribution in [1.29, 1.82) is 0 Å². The zero-order valence-electron chi connectivity index (χ0n) is 9.68. The van der Waals surface area contributed by atoms with Crippen LogP contribution in [0.4, 0.5) is 4.39 Å². The van der Waals surface area contributed by atoms with Gasteiger partial charge in [0.15, 0.2) is 0 Å². The fraction of sp³-hybridized carbons (Fsp3) is 0.308. The number of benzene rings is 1. The van der Waals surface area contributed by atoms with Gasteiger partial charge in [-0.2, -0.15) is 0 Å². The number of hydrogen-bond acceptors (Lipinski definition) is 2. The molecule has 0 aliphatic rings. The van der Waals surface area contributed by atoms with Gasteiger partial charge in [0.2, 0.25) is 0 Å². The summed E-state index contributed by atoms with van der Waals surface area (Å²) in [5, 5.41) is 8.94. The molecule has 2 rings (SSSR count). The van der Waals surface area contributed by atoms with Gasteiger partial charge in [0.25, 0.3) is 0 Å². The third-order valence-corrected chi connectivity index (χ3v) is 2.77. The number of rotatable bonds is 4. The van der Waals surface area contributed by atoms with Crippen LogP contribution in [0.2, 0.25) is 0 Å². The van der Waals surface area contributed by atoms with Crippen molar-refractivity contribution in [2.24, 2.45) is 0 Å². The maximum absolute atomic E-state index is 12.8. The Balaban J connectivity index is 2.05. The summed E-state index contributed by atoms with van der Waals surface area (Å²) in [6.07, 6.45) is 4.34. The molecule has 1 heterocycles. The fourth-order valence-corrected chi connectivity index (χ4v) is 1.77. The van der Waals surface area contributed by atoms with Crippen LogP contribution in [0, 0.1) is 5.82 Å². The van der Waals surface area contributed by atoms with Crippen molar-refractivity contribution >= 4 is 0 Å². The van der Waals surface area contributed by atoms with Crippen molar-refractivity contribution in [2.75, 3.05) is 0 Å². The van der Waals surface area contributed by atoms with E-state index in [1.165, 1.54) is 12.1 Å². The monoisotopic (exact) mass is 234 g/mol. The van der Waals surface area contributed by atoms with Crippen molar-refractivity contribution < 1.29 is 9.50 Å². The molecular formula is C13H15FN2O. The number of halogens is 1. The molecule has 0 saturated carbocycles. The number of hydrogen-bond donors (Lipinski definition) is 1. The van der Waals surface area contributed by atoms with Crippen LogP contribution in [0.5, 0.6) is 0 Å². The molecule has 0 saturated heterocycles. The number of aliphatic hydroxyl groups is 1. The minimum Gasteiger partial charge on any atom is -0.390 e. The summed E-state index contributed by atoms with van der Waals surface area (Å²) in [6.45, 7) is 2.02. The lowest BCUT2D eigenvalue weighted by molar-refractivity contribution is 0.277. The topological polar surface area (TPSA) is 38.0 Å². The quantitative estimate of drug-likeness (QED) is 0.881. The first-order valence-electron chi connectivity index (χ1n) is 5.56. The van der Waals surface area contributed by atoms with Crippen molar-refractivity contribution in [3.63, 3.8) is 0 Å². The zero-order valence-corrected chi connectivity index (χ0v) is 9.68. The lowest BCUT2D eigenvalue weighted by Crippen LogP contribution is -2.06. The molecule has 2 aromatic rings. The van der Waals surface area contributed by atoms with Gasteiger partial charge in [0.1, 0.15) is 5.82 Å². The molecule has 0 spiro atoms. The van der Waals surface area contributed by atoms with Gasteiger partial charge in [-0.05, 0) is 31.0 Å². The van der Waals surface area contributed by atoms with Crippen LogP contribution in [0.15, 0.2) is 36.8 Å². The van der Waals surface area contributed by atoms with Gasteiger partial charge in [0, 0.05) is 12.2 Å². The van der Waals surface area contributed by atoms with Crippen LogP contribution < -0.4 is 0 Å². The smallest absolute Gasteiger partial charge is 0.123 e. The lowest BCUT2D eigenvalue weighted by atomic mass is 10.1. The highest BCUT2D eigenvalue weighted by Crippen LogP contribution is 2.14. The minimum absolute atomic E-state index is 0.0454. The highest BCUT2D eigenvalue weighted by atomic mass is 19.1. The molecule has 3 nitrogen and oxygen atoms in total. The largest absolute Gasteiger partial charge is 0.390 e. The molecule has 0 aliphatic carbocycles. The Morgan fingerprint density at radius 1 is 1.35 bits per heavy atom. The van der Waals surface area contributed by atoms with Crippen molar-refractivity contribution in [2.45, 2.75) is 26.0 Å². The maximum atomic E-state index is 12.8. The Labute approximate surface area is 99.5 Å². The average Bonchev–Trinajstić information content (AvgIpc) is 2.81. The molecule has 1 N–H and O–H groups in total. The summed E-state index contributed by atoms with van der Waals surface area (Å²) in [7, 11) is 0. The fourth-order valence-electron chi connectivity index (χ4n) is 1.77. The summed E-state index contributed by atoms with van der Waals surface area (Å²) in [6, 6.07) is 6.74. The third kappa shape index (κ3) is 2.91. The molecule has 1 atom stereocenters. The van der Waals surface area contributed by atoms with E-state index in [1.54, 1.807) is 18.5 Å². The predicted octanol–water partition coefficient (Wildman–Crippen LogP) is 2.32. The summed E-state index contributed by atoms with van der Waals surface area (Å²) in [5.74, 6) is -0.216. The van der Waals surface area contributed by atoms with E-state index in [1.807, 2.05) is 10.8 Å². The summed E-state index contributed by atoms with van der Waals surface area (Å²) < 4.78 is 14.7. The normalized spacial score (nSPS) is 12.6. The first kappa shape index (κ1) is 11.8. The van der Waals surface area contributed by atoms with E-state index in [4.69, 9.17) is 5.11 Å². The Bertz CT molecular complexity index is 478. The van der Waals surface area contributed by atoms with Gasteiger partial charge < -0.3 is 9.67 Å². The third-order valence-electron chi connectivity index (χ3n) is 2.77. The SMILES string of the molecule is CC(Cc1ccc(F)cc1)n1cnc(CO)c1. The van der Waals surface area contributed by atoms with E-state index in [9.17, 15) is 4.39 Å². The van der Waals surface area contributed by atoms with Crippen LogP contribution >= 0.6 is 0 Å². The molecule has 0 bridgehead atoms. The average molecular weight is 234 g/mol. The Morgan fingerprint density at radius 3 is 2.65 bits per heavy atom. The highest BCUT2D eigenvalue weighted by Gasteiger charge is 2.07. The molecule has 1 aromatic carbocycles. The summed E-state index contributed by atoms with van der Waals surface area (Å²) in [5.41, 5.74) is 1.74. The molecule has 0 aliphatic heterocycles. The van der Waals surface area contributed by atoms with Crippen molar-refractivity contribution in [1.82, 2.24) is 9.55 Å². The van der Waals surface area contributed by atoms with Crippen molar-refractivity contribution in [3.8, 4) is 0 Å². The number of nitrogens with zero attached hydrogens (tertiary/aromatic N) is 2. The van der Waals surface area contributed by atoms with Crippen LogP contribution in [-0.2, 0) is 13.0 Å². The first-order valence-corrected chi connectivity index (χ1v) is 5.56. The lowest BCUT2D eigenvalue weighted by Gasteiger charge is -2.12. The van der Waals surface area contributed by atoms with E-state index in [0.717, 1.165) is 12.0 Å². The molecule has 90 valence electrons. The molecular weight excluding hydrogens is 219 g/mol. The van der Waals surface area contributed by atoms with Gasteiger partial charge in [-0.25, -0.2) is 9.37 Å². The molecule has 4 heteroatoms. The van der Waals surface area contributed by atoms with Crippen LogP contribution in [-0.4, -0.2) is 14.7 Å². The van der Waals surface area contributed by atoms with E-state index in [2.05, 4.69) is 11.9 Å². The van der Waals surface area contributed by atoms with E-state index < -0.39 is 0 Å². The Hall–Kier alpha value is -1.68. The predicted molar refractivity (Wildman–Crippen MR) is 63.0 cm³/mol. The Kier molecular flexibility index (Phi) is 3.54. The molecule has 0 fully saturated rings. The van der Waals surface area contributed by atoms with Crippen LogP contribution in [0.3, 0.4) is 0 Å². The number of aliphatic hydroxyl groups excluding tert-OH is 1. The first-order chi connectivity index (χ1) is 8.19.